The van der Waals surface area contributed by atoms with Crippen LogP contribution in [0.15, 0.2) is 121 Å². The number of phosphoric acid groups is 2. The second-order valence-electron chi connectivity index (χ2n) is 7.77. The molecule has 0 aliphatic carbocycles. The lowest BCUT2D eigenvalue weighted by Crippen LogP contribution is -2.31. The van der Waals surface area contributed by atoms with E-state index in [1.54, 1.807) is 84.9 Å². The second kappa shape index (κ2) is 15.0. The van der Waals surface area contributed by atoms with E-state index in [-0.39, 0.29) is 29.7 Å². The molecule has 0 spiro atoms. The molecule has 210 valence electrons. The topological polar surface area (TPSA) is 161 Å². The lowest BCUT2D eigenvalue weighted by molar-refractivity contribution is -0.0361. The number of rotatable bonds is 11. The molecule has 13 heteroatoms. The van der Waals surface area contributed by atoms with Gasteiger partial charge in [0.05, 0.1) is 6.54 Å². The van der Waals surface area contributed by atoms with Crippen molar-refractivity contribution in [3.63, 3.8) is 0 Å². The molecule has 0 saturated heterocycles. The van der Waals surface area contributed by atoms with Gasteiger partial charge in [0.15, 0.2) is 6.29 Å². The summed E-state index contributed by atoms with van der Waals surface area (Å²) in [5.74, 6) is 0.0240. The lowest BCUT2D eigenvalue weighted by Gasteiger charge is -2.21. The van der Waals surface area contributed by atoms with Gasteiger partial charge in [0.25, 0.3) is 5.91 Å². The molecule has 4 N–H and O–H groups in total. The van der Waals surface area contributed by atoms with Crippen LogP contribution in [0.25, 0.3) is 0 Å². The SMILES string of the molecule is O=C(NCC(O)O)c1ccccc1.O=P(O)(Oc1ccccc1)OP(=O)(Oc1ccccc1)Oc1ccccc1. The highest BCUT2D eigenvalue weighted by Gasteiger charge is 2.42. The number of amides is 1. The van der Waals surface area contributed by atoms with Gasteiger partial charge >= 0.3 is 15.6 Å². The van der Waals surface area contributed by atoms with E-state index in [4.69, 9.17) is 28.1 Å². The van der Waals surface area contributed by atoms with E-state index in [0.717, 1.165) is 0 Å². The summed E-state index contributed by atoms with van der Waals surface area (Å²) in [5, 5.41) is 19.3. The minimum Gasteiger partial charge on any atom is -0.404 e. The molecule has 0 heterocycles. The highest BCUT2D eigenvalue weighted by Crippen LogP contribution is 2.62. The predicted molar refractivity (Wildman–Crippen MR) is 147 cm³/mol. The first kappa shape index (κ1) is 30.6. The molecule has 0 radical (unpaired) electrons. The molecule has 1 atom stereocenters. The Bertz CT molecular complexity index is 1360. The van der Waals surface area contributed by atoms with Crippen molar-refractivity contribution < 1.29 is 46.9 Å². The summed E-state index contributed by atoms with van der Waals surface area (Å²) in [5.41, 5.74) is 0.503. The average molecular weight is 587 g/mol. The predicted octanol–water partition coefficient (Wildman–Crippen LogP) is 5.18. The number of para-hydroxylation sites is 3. The van der Waals surface area contributed by atoms with Crippen molar-refractivity contribution in [3.8, 4) is 17.2 Å². The zero-order valence-electron chi connectivity index (χ0n) is 20.9. The fourth-order valence-electron chi connectivity index (χ4n) is 2.91. The molecule has 0 bridgehead atoms. The number of aliphatic hydroxyl groups is 2. The normalized spacial score (nSPS) is 12.3. The van der Waals surface area contributed by atoms with Crippen LogP contribution < -0.4 is 18.9 Å². The molecule has 1 unspecified atom stereocenters. The molecule has 0 aliphatic rings. The molecule has 1 amide bonds. The third kappa shape index (κ3) is 11.0. The van der Waals surface area contributed by atoms with E-state index < -0.39 is 21.9 Å². The van der Waals surface area contributed by atoms with E-state index in [1.165, 1.54) is 36.4 Å². The largest absolute Gasteiger partial charge is 0.597 e. The Morgan fingerprint density at radius 1 is 0.650 bits per heavy atom. The summed E-state index contributed by atoms with van der Waals surface area (Å²) in [4.78, 5) is 21.3. The number of carbonyl (C=O) groups excluding carboxylic acids is 1. The molecular formula is C27H27NO10P2. The summed E-state index contributed by atoms with van der Waals surface area (Å²) in [6, 6.07) is 32.4. The zero-order valence-corrected chi connectivity index (χ0v) is 22.7. The van der Waals surface area contributed by atoms with Crippen molar-refractivity contribution in [2.45, 2.75) is 6.29 Å². The van der Waals surface area contributed by atoms with Crippen molar-refractivity contribution >= 4 is 21.6 Å². The molecular weight excluding hydrogens is 560 g/mol. The monoisotopic (exact) mass is 587 g/mol. The van der Waals surface area contributed by atoms with Crippen LogP contribution >= 0.6 is 15.6 Å². The third-order valence-corrected chi connectivity index (χ3v) is 7.51. The number of carbonyl (C=O) groups is 1. The van der Waals surface area contributed by atoms with Gasteiger partial charge in [-0.25, -0.2) is 9.13 Å². The highest BCUT2D eigenvalue weighted by atomic mass is 31.3. The fraction of sp³-hybridized carbons (Fsp3) is 0.0741. The molecule has 0 aliphatic heterocycles. The fourth-order valence-corrected chi connectivity index (χ4v) is 5.50. The van der Waals surface area contributed by atoms with Crippen LogP contribution in [0.5, 0.6) is 17.2 Å². The van der Waals surface area contributed by atoms with E-state index >= 15 is 0 Å². The number of nitrogens with one attached hydrogen (secondary N) is 1. The minimum atomic E-state index is -4.82. The first-order valence-corrected chi connectivity index (χ1v) is 14.7. The van der Waals surface area contributed by atoms with Gasteiger partial charge in [0.1, 0.15) is 17.2 Å². The van der Waals surface area contributed by atoms with Gasteiger partial charge in [-0.05, 0) is 48.5 Å². The number of hydrogen-bond donors (Lipinski definition) is 4. The van der Waals surface area contributed by atoms with Crippen molar-refractivity contribution in [3.05, 3.63) is 127 Å². The van der Waals surface area contributed by atoms with Gasteiger partial charge in [-0.2, -0.15) is 4.31 Å². The summed E-state index contributed by atoms with van der Waals surface area (Å²) in [7, 11) is -9.38. The number of benzene rings is 4. The molecule has 40 heavy (non-hydrogen) atoms. The van der Waals surface area contributed by atoms with E-state index in [0.29, 0.717) is 5.56 Å². The molecule has 4 rings (SSSR count). The Morgan fingerprint density at radius 2 is 1.02 bits per heavy atom. The molecule has 4 aromatic rings. The van der Waals surface area contributed by atoms with Crippen LogP contribution in [0.4, 0.5) is 0 Å². The zero-order chi connectivity index (χ0) is 28.8. The van der Waals surface area contributed by atoms with Gasteiger partial charge < -0.3 is 29.1 Å². The summed E-state index contributed by atoms with van der Waals surface area (Å²) in [6.07, 6.45) is -1.51. The molecule has 11 nitrogen and oxygen atoms in total. The molecule has 0 aromatic heterocycles. The third-order valence-electron chi connectivity index (χ3n) is 4.57. The summed E-state index contributed by atoms with van der Waals surface area (Å²) in [6.45, 7) is -0.159. The summed E-state index contributed by atoms with van der Waals surface area (Å²) >= 11 is 0. The standard InChI is InChI=1S/C18H16O7P2.C9H11NO3/c19-26(20,22-16-10-4-1-5-11-16)25-27(21,23-17-12-6-2-7-13-17)24-18-14-8-3-9-15-18;11-8(12)6-10-9(13)7-4-2-1-3-5-7/h1-15H,(H,19,20);1-5,8,11-12H,6H2,(H,10,13). The molecule has 0 saturated carbocycles. The number of aliphatic hydroxyl groups excluding tert-OH is 1. The van der Waals surface area contributed by atoms with E-state index in [9.17, 15) is 18.8 Å². The van der Waals surface area contributed by atoms with Crippen LogP contribution in [0.1, 0.15) is 10.4 Å². The Morgan fingerprint density at radius 3 is 1.43 bits per heavy atom. The quantitative estimate of drug-likeness (QED) is 0.136. The van der Waals surface area contributed by atoms with Gasteiger partial charge in [0.2, 0.25) is 0 Å². The second-order valence-corrected chi connectivity index (χ2v) is 10.8. The Labute approximate surface area is 230 Å². The summed E-state index contributed by atoms with van der Waals surface area (Å²) < 4.78 is 45.8. The van der Waals surface area contributed by atoms with Crippen LogP contribution in [0.2, 0.25) is 0 Å². The van der Waals surface area contributed by atoms with Gasteiger partial charge in [0, 0.05) is 5.56 Å². The minimum absolute atomic E-state index is 0.0642. The van der Waals surface area contributed by atoms with Gasteiger partial charge in [-0.1, -0.05) is 72.8 Å². The Kier molecular flexibility index (Phi) is 11.5. The van der Waals surface area contributed by atoms with Crippen LogP contribution in [0.3, 0.4) is 0 Å². The van der Waals surface area contributed by atoms with Crippen molar-refractivity contribution in [2.75, 3.05) is 6.54 Å². The maximum atomic E-state index is 13.1. The Balaban J connectivity index is 0.000000285. The maximum absolute atomic E-state index is 13.1. The molecule has 4 aromatic carbocycles. The van der Waals surface area contributed by atoms with Crippen LogP contribution in [-0.4, -0.2) is 33.8 Å². The van der Waals surface area contributed by atoms with Crippen molar-refractivity contribution in [2.24, 2.45) is 0 Å². The van der Waals surface area contributed by atoms with Gasteiger partial charge in [-0.3, -0.25) is 9.69 Å². The molecule has 0 fully saturated rings. The first-order chi connectivity index (χ1) is 19.1. The van der Waals surface area contributed by atoms with Crippen LogP contribution in [-0.2, 0) is 13.4 Å². The average Bonchev–Trinajstić information content (AvgIpc) is 2.93. The first-order valence-electron chi connectivity index (χ1n) is 11.7. The van der Waals surface area contributed by atoms with E-state index in [2.05, 4.69) is 5.32 Å². The van der Waals surface area contributed by atoms with E-state index in [1.807, 2.05) is 0 Å². The smallest absolute Gasteiger partial charge is 0.404 e. The van der Waals surface area contributed by atoms with Crippen LogP contribution in [0, 0.1) is 0 Å². The highest BCUT2D eigenvalue weighted by molar-refractivity contribution is 7.62. The maximum Gasteiger partial charge on any atom is 0.597 e. The number of phosphoric ester groups is 2. The lowest BCUT2D eigenvalue weighted by atomic mass is 10.2. The van der Waals surface area contributed by atoms with Crippen molar-refractivity contribution in [1.29, 1.82) is 0 Å². The Hall–Kier alpha value is -3.95. The van der Waals surface area contributed by atoms with Crippen molar-refractivity contribution in [1.82, 2.24) is 5.32 Å². The number of hydrogen-bond acceptors (Lipinski definition) is 9. The van der Waals surface area contributed by atoms with Gasteiger partial charge in [-0.15, -0.1) is 0 Å².